The number of aliphatic hydroxyl groups is 1. The second kappa shape index (κ2) is 5.46. The van der Waals surface area contributed by atoms with E-state index in [2.05, 4.69) is 5.10 Å². The zero-order chi connectivity index (χ0) is 18.0. The van der Waals surface area contributed by atoms with Crippen LogP contribution in [0.4, 0.5) is 0 Å². The van der Waals surface area contributed by atoms with Gasteiger partial charge in [-0.3, -0.25) is 4.68 Å². The van der Waals surface area contributed by atoms with Crippen molar-refractivity contribution in [1.29, 1.82) is 0 Å². The third-order valence-corrected chi connectivity index (χ3v) is 5.72. The Kier molecular flexibility index (Phi) is 3.69. The molecule has 1 unspecified atom stereocenters. The van der Waals surface area contributed by atoms with E-state index in [4.69, 9.17) is 9.31 Å². The lowest BCUT2D eigenvalue weighted by Crippen LogP contribution is -2.41. The Balaban J connectivity index is 1.64. The molecule has 1 saturated carbocycles. The monoisotopic (exact) mass is 343 g/mol. The maximum Gasteiger partial charge on any atom is 0.496 e. The molecule has 1 saturated heterocycles. The van der Waals surface area contributed by atoms with E-state index in [1.165, 1.54) is 12.8 Å². The molecule has 7 heteroatoms. The van der Waals surface area contributed by atoms with Gasteiger partial charge in [0.05, 0.1) is 23.4 Å². The minimum absolute atomic E-state index is 0.391. The summed E-state index contributed by atoms with van der Waals surface area (Å²) >= 11 is 0. The fourth-order valence-electron chi connectivity index (χ4n) is 3.18. The number of aromatic nitrogens is 2. The Bertz CT molecular complexity index is 733. The number of aliphatic hydroxyl groups excluding tert-OH is 1. The van der Waals surface area contributed by atoms with Crippen molar-refractivity contribution in [3.63, 3.8) is 0 Å². The van der Waals surface area contributed by atoms with Gasteiger partial charge in [-0.05, 0) is 46.0 Å². The van der Waals surface area contributed by atoms with Crippen molar-refractivity contribution in [2.45, 2.75) is 64.0 Å². The number of nitrogens with zero attached hydrogens (tertiary/aromatic N) is 3. The molecule has 0 radical (unpaired) electrons. The van der Waals surface area contributed by atoms with Gasteiger partial charge < -0.3 is 19.3 Å². The number of allylic oxidation sites excluding steroid dienone is 2. The molecule has 134 valence electrons. The minimum Gasteiger partial charge on any atom is -0.399 e. The fourth-order valence-corrected chi connectivity index (χ4v) is 3.18. The van der Waals surface area contributed by atoms with Crippen molar-refractivity contribution in [3.05, 3.63) is 35.7 Å². The molecular weight excluding hydrogens is 317 g/mol. The lowest BCUT2D eigenvalue weighted by atomic mass is 9.76. The summed E-state index contributed by atoms with van der Waals surface area (Å²) in [5.41, 5.74) is 1.88. The largest absolute Gasteiger partial charge is 0.496 e. The molecule has 0 aromatic carbocycles. The van der Waals surface area contributed by atoms with Gasteiger partial charge in [-0.25, -0.2) is 0 Å². The van der Waals surface area contributed by atoms with E-state index in [9.17, 15) is 5.11 Å². The predicted octanol–water partition coefficient (Wildman–Crippen LogP) is 2.38. The predicted molar refractivity (Wildman–Crippen MR) is 96.4 cm³/mol. The molecule has 1 N–H and O–H groups in total. The lowest BCUT2D eigenvalue weighted by molar-refractivity contribution is 0.00578. The van der Waals surface area contributed by atoms with Gasteiger partial charge in [0.15, 0.2) is 6.23 Å². The first kappa shape index (κ1) is 16.9. The Morgan fingerprint density at radius 2 is 1.84 bits per heavy atom. The molecule has 1 aliphatic carbocycles. The number of likely N-dealkylation sites (N-methyl/N-ethyl adjacent to an activating group) is 1. The minimum atomic E-state index is -0.706. The van der Waals surface area contributed by atoms with Crippen LogP contribution in [0, 0.1) is 0 Å². The van der Waals surface area contributed by atoms with Gasteiger partial charge in [-0.15, -0.1) is 0 Å². The molecule has 0 amide bonds. The highest BCUT2D eigenvalue weighted by atomic mass is 16.7. The van der Waals surface area contributed by atoms with Crippen LogP contribution in [0.5, 0.6) is 0 Å². The summed E-state index contributed by atoms with van der Waals surface area (Å²) in [5.74, 6) is 0. The average molecular weight is 343 g/mol. The summed E-state index contributed by atoms with van der Waals surface area (Å²) in [7, 11) is 1.40. The Morgan fingerprint density at radius 1 is 1.20 bits per heavy atom. The van der Waals surface area contributed by atoms with Crippen LogP contribution in [-0.2, 0) is 9.31 Å². The molecule has 0 spiro atoms. The molecule has 1 aromatic rings. The van der Waals surface area contributed by atoms with E-state index in [0.717, 1.165) is 16.6 Å². The van der Waals surface area contributed by atoms with Crippen molar-refractivity contribution < 1.29 is 14.4 Å². The summed E-state index contributed by atoms with van der Waals surface area (Å²) < 4.78 is 14.3. The molecule has 4 rings (SSSR count). The van der Waals surface area contributed by atoms with Crippen LogP contribution in [0.25, 0.3) is 5.57 Å². The van der Waals surface area contributed by atoms with E-state index < -0.39 is 24.5 Å². The standard InChI is InChI=1S/C18H26BN3O3/c1-17(2)18(3,4)25-19(24-17)13-8-15(16(23)21(5)11-13)12-9-20-22(10-12)14-6-7-14/h8-11,14,16,23H,6-7H2,1-5H3. The first-order valence-corrected chi connectivity index (χ1v) is 8.91. The van der Waals surface area contributed by atoms with E-state index in [1.807, 2.05) is 64.1 Å². The fraction of sp³-hybridized carbons (Fsp3) is 0.611. The molecule has 2 fully saturated rings. The van der Waals surface area contributed by atoms with Crippen molar-refractivity contribution in [1.82, 2.24) is 14.7 Å². The second-order valence-corrected chi connectivity index (χ2v) is 8.30. The van der Waals surface area contributed by atoms with Gasteiger partial charge in [0, 0.05) is 30.6 Å². The summed E-state index contributed by atoms with van der Waals surface area (Å²) in [6, 6.07) is 0.519. The van der Waals surface area contributed by atoms with Crippen LogP contribution in [0.3, 0.4) is 0 Å². The highest BCUT2D eigenvalue weighted by Crippen LogP contribution is 2.40. The average Bonchev–Trinajstić information content (AvgIpc) is 3.21. The number of rotatable bonds is 3. The van der Waals surface area contributed by atoms with Gasteiger partial charge in [0.1, 0.15) is 0 Å². The van der Waals surface area contributed by atoms with Gasteiger partial charge in [0.2, 0.25) is 0 Å². The van der Waals surface area contributed by atoms with Crippen LogP contribution < -0.4 is 0 Å². The third-order valence-electron chi connectivity index (χ3n) is 5.72. The van der Waals surface area contributed by atoms with Crippen molar-refractivity contribution in [2.75, 3.05) is 7.05 Å². The Morgan fingerprint density at radius 3 is 2.44 bits per heavy atom. The molecule has 2 aliphatic heterocycles. The Hall–Kier alpha value is -1.57. The highest BCUT2D eigenvalue weighted by molar-refractivity contribution is 6.56. The molecule has 3 aliphatic rings. The maximum absolute atomic E-state index is 10.6. The quantitative estimate of drug-likeness (QED) is 0.854. The molecule has 0 bridgehead atoms. The van der Waals surface area contributed by atoms with Crippen molar-refractivity contribution in [3.8, 4) is 0 Å². The van der Waals surface area contributed by atoms with Crippen molar-refractivity contribution >= 4 is 12.7 Å². The molecule has 3 heterocycles. The molecular formula is C18H26BN3O3. The first-order chi connectivity index (χ1) is 11.7. The highest BCUT2D eigenvalue weighted by Gasteiger charge is 2.52. The summed E-state index contributed by atoms with van der Waals surface area (Å²) in [6.07, 6.45) is 9.37. The van der Waals surface area contributed by atoms with Gasteiger partial charge in [-0.1, -0.05) is 6.08 Å². The van der Waals surface area contributed by atoms with Crippen molar-refractivity contribution in [2.24, 2.45) is 0 Å². The zero-order valence-electron chi connectivity index (χ0n) is 15.6. The van der Waals surface area contributed by atoms with E-state index in [-0.39, 0.29) is 0 Å². The van der Waals surface area contributed by atoms with Crippen LogP contribution in [0.2, 0.25) is 0 Å². The zero-order valence-corrected chi connectivity index (χ0v) is 15.6. The molecule has 1 atom stereocenters. The molecule has 6 nitrogen and oxygen atoms in total. The van der Waals surface area contributed by atoms with Gasteiger partial charge in [-0.2, -0.15) is 5.10 Å². The SMILES string of the molecule is CN1C=C(B2OC(C)(C)C(C)(C)O2)C=C(c2cnn(C3CC3)c2)C1O. The van der Waals surface area contributed by atoms with Crippen LogP contribution >= 0.6 is 0 Å². The number of hydrogen-bond acceptors (Lipinski definition) is 5. The first-order valence-electron chi connectivity index (χ1n) is 8.91. The van der Waals surface area contributed by atoms with Gasteiger partial charge in [0.25, 0.3) is 0 Å². The van der Waals surface area contributed by atoms with E-state index >= 15 is 0 Å². The van der Waals surface area contributed by atoms with Crippen LogP contribution in [0.1, 0.15) is 52.1 Å². The lowest BCUT2D eigenvalue weighted by Gasteiger charge is -2.32. The smallest absolute Gasteiger partial charge is 0.399 e. The molecule has 25 heavy (non-hydrogen) atoms. The maximum atomic E-state index is 10.6. The normalized spacial score (nSPS) is 28.2. The van der Waals surface area contributed by atoms with E-state index in [1.54, 1.807) is 4.90 Å². The third kappa shape index (κ3) is 2.84. The van der Waals surface area contributed by atoms with E-state index in [0.29, 0.717) is 6.04 Å². The summed E-state index contributed by atoms with van der Waals surface area (Å²) in [6.45, 7) is 8.16. The van der Waals surface area contributed by atoms with Gasteiger partial charge >= 0.3 is 7.12 Å². The summed E-state index contributed by atoms with van der Waals surface area (Å²) in [5, 5.41) is 15.1. The van der Waals surface area contributed by atoms with Crippen LogP contribution in [-0.4, -0.2) is 51.4 Å². The topological polar surface area (TPSA) is 59.8 Å². The molecule has 1 aromatic heterocycles. The number of hydrogen-bond donors (Lipinski definition) is 1. The van der Waals surface area contributed by atoms with Crippen LogP contribution in [0.15, 0.2) is 30.1 Å². The second-order valence-electron chi connectivity index (χ2n) is 8.30. The Labute approximate surface area is 149 Å². The summed E-state index contributed by atoms with van der Waals surface area (Å²) in [4.78, 5) is 1.78.